The molecule has 3 N–H and O–H groups in total. The Morgan fingerprint density at radius 1 is 1.25 bits per heavy atom. The maximum atomic E-state index is 13.4. The molecule has 0 aliphatic carbocycles. The van der Waals surface area contributed by atoms with Gasteiger partial charge in [0.2, 0.25) is 11.8 Å². The van der Waals surface area contributed by atoms with E-state index in [2.05, 4.69) is 20.6 Å². The van der Waals surface area contributed by atoms with Crippen LogP contribution in [0.4, 0.5) is 40.7 Å². The average Bonchev–Trinajstić information content (AvgIpc) is 2.60. The van der Waals surface area contributed by atoms with Crippen molar-refractivity contribution in [1.29, 1.82) is 0 Å². The zero-order valence-electron chi connectivity index (χ0n) is 14.8. The van der Waals surface area contributed by atoms with Crippen LogP contribution in [0.1, 0.15) is 19.5 Å². The molecule has 0 saturated heterocycles. The lowest BCUT2D eigenvalue weighted by Gasteiger charge is -2.21. The van der Waals surface area contributed by atoms with Crippen molar-refractivity contribution in [3.05, 3.63) is 45.9 Å². The lowest BCUT2D eigenvalue weighted by atomic mass is 10.1. The number of nitrogens with one attached hydrogen (secondary N) is 2. The van der Waals surface area contributed by atoms with Crippen LogP contribution in [0.15, 0.2) is 24.3 Å². The molecule has 0 radical (unpaired) electrons. The van der Waals surface area contributed by atoms with E-state index >= 15 is 0 Å². The largest absolute Gasteiger partial charge is 0.433 e. The molecule has 152 valence electrons. The molecule has 0 aliphatic heterocycles. The molecule has 2 rings (SSSR count). The third-order valence-electron chi connectivity index (χ3n) is 3.75. The first-order valence-electron chi connectivity index (χ1n) is 8.06. The molecule has 0 spiro atoms. The Morgan fingerprint density at radius 2 is 1.93 bits per heavy atom. The van der Waals surface area contributed by atoms with Crippen molar-refractivity contribution in [2.75, 3.05) is 17.2 Å². The van der Waals surface area contributed by atoms with Gasteiger partial charge in [0.1, 0.15) is 5.82 Å². The third kappa shape index (κ3) is 5.25. The minimum atomic E-state index is -4.78. The minimum Gasteiger partial charge on any atom is -0.394 e. The van der Waals surface area contributed by atoms with Crippen LogP contribution < -0.4 is 10.6 Å². The van der Waals surface area contributed by atoms with E-state index in [4.69, 9.17) is 0 Å². The van der Waals surface area contributed by atoms with Crippen molar-refractivity contribution in [1.82, 2.24) is 9.97 Å². The molecule has 2 aromatic rings. The Labute approximate surface area is 156 Å². The molecule has 0 fully saturated rings. The van der Waals surface area contributed by atoms with Crippen molar-refractivity contribution < 1.29 is 27.6 Å². The number of nitro groups is 1. The van der Waals surface area contributed by atoms with Crippen molar-refractivity contribution in [2.45, 2.75) is 26.1 Å². The zero-order valence-corrected chi connectivity index (χ0v) is 14.8. The Balaban J connectivity index is 2.42. The van der Waals surface area contributed by atoms with E-state index in [1.54, 1.807) is 13.8 Å². The van der Waals surface area contributed by atoms with Gasteiger partial charge in [0.05, 0.1) is 17.6 Å². The molecule has 8 nitrogen and oxygen atoms in total. The Hall–Kier alpha value is -3.02. The molecular weight excluding hydrogens is 386 g/mol. The SMILES string of the molecule is CC(C)[C@H](CO)Nc1nc(Nc2ccc(F)c([N+](=O)[O-])c2)cc(C(F)(F)F)n1. The number of anilines is 3. The molecule has 0 saturated carbocycles. The topological polar surface area (TPSA) is 113 Å². The van der Waals surface area contributed by atoms with E-state index in [0.717, 1.165) is 18.2 Å². The summed E-state index contributed by atoms with van der Waals surface area (Å²) in [6.45, 7) is 3.14. The van der Waals surface area contributed by atoms with Gasteiger partial charge in [-0.3, -0.25) is 10.1 Å². The summed E-state index contributed by atoms with van der Waals surface area (Å²) in [5.41, 5.74) is -2.13. The van der Waals surface area contributed by atoms with Crippen LogP contribution in [-0.2, 0) is 6.18 Å². The van der Waals surface area contributed by atoms with Gasteiger partial charge in [-0.15, -0.1) is 0 Å². The number of aliphatic hydroxyl groups excluding tert-OH is 1. The van der Waals surface area contributed by atoms with Crippen molar-refractivity contribution in [3.8, 4) is 0 Å². The maximum absolute atomic E-state index is 13.4. The molecule has 12 heteroatoms. The van der Waals surface area contributed by atoms with E-state index in [0.29, 0.717) is 6.07 Å². The van der Waals surface area contributed by atoms with Crippen molar-refractivity contribution in [2.24, 2.45) is 5.92 Å². The van der Waals surface area contributed by atoms with Crippen molar-refractivity contribution in [3.63, 3.8) is 0 Å². The van der Waals surface area contributed by atoms with Crippen LogP contribution in [0.25, 0.3) is 0 Å². The van der Waals surface area contributed by atoms with Gasteiger partial charge in [0.25, 0.3) is 0 Å². The number of aliphatic hydroxyl groups is 1. The summed E-state index contributed by atoms with van der Waals surface area (Å²) < 4.78 is 52.9. The number of aromatic nitrogens is 2. The monoisotopic (exact) mass is 403 g/mol. The van der Waals surface area contributed by atoms with E-state index in [9.17, 15) is 32.8 Å². The summed E-state index contributed by atoms with van der Waals surface area (Å²) in [7, 11) is 0. The van der Waals surface area contributed by atoms with Crippen LogP contribution in [0.3, 0.4) is 0 Å². The average molecular weight is 403 g/mol. The molecule has 0 bridgehead atoms. The van der Waals surface area contributed by atoms with Gasteiger partial charge in [-0.05, 0) is 18.1 Å². The number of hydrogen-bond acceptors (Lipinski definition) is 7. The van der Waals surface area contributed by atoms with E-state index in [1.165, 1.54) is 0 Å². The predicted molar refractivity (Wildman–Crippen MR) is 92.7 cm³/mol. The number of benzene rings is 1. The maximum Gasteiger partial charge on any atom is 0.433 e. The quantitative estimate of drug-likeness (QED) is 0.367. The highest BCUT2D eigenvalue weighted by molar-refractivity contribution is 5.61. The molecule has 1 aromatic carbocycles. The van der Waals surface area contributed by atoms with Gasteiger partial charge in [0.15, 0.2) is 5.69 Å². The van der Waals surface area contributed by atoms with Crippen LogP contribution in [0.5, 0.6) is 0 Å². The third-order valence-corrected chi connectivity index (χ3v) is 3.75. The lowest BCUT2D eigenvalue weighted by molar-refractivity contribution is -0.387. The van der Waals surface area contributed by atoms with E-state index in [1.807, 2.05) is 0 Å². The van der Waals surface area contributed by atoms with Gasteiger partial charge in [-0.2, -0.15) is 22.5 Å². The Kier molecular flexibility index (Phi) is 6.33. The smallest absolute Gasteiger partial charge is 0.394 e. The second kappa shape index (κ2) is 8.33. The first-order valence-corrected chi connectivity index (χ1v) is 8.06. The van der Waals surface area contributed by atoms with Gasteiger partial charge < -0.3 is 15.7 Å². The summed E-state index contributed by atoms with van der Waals surface area (Å²) in [4.78, 5) is 17.2. The minimum absolute atomic E-state index is 0.0338. The molecule has 28 heavy (non-hydrogen) atoms. The van der Waals surface area contributed by atoms with Crippen LogP contribution >= 0.6 is 0 Å². The summed E-state index contributed by atoms with van der Waals surface area (Å²) >= 11 is 0. The Bertz CT molecular complexity index is 861. The van der Waals surface area contributed by atoms with Gasteiger partial charge in [0, 0.05) is 17.8 Å². The number of halogens is 4. The van der Waals surface area contributed by atoms with Crippen molar-refractivity contribution >= 4 is 23.1 Å². The lowest BCUT2D eigenvalue weighted by Crippen LogP contribution is -2.30. The number of alkyl halides is 3. The second-order valence-electron chi connectivity index (χ2n) is 6.19. The highest BCUT2D eigenvalue weighted by atomic mass is 19.4. The molecular formula is C16H17F4N5O3. The first kappa shape index (κ1) is 21.3. The molecule has 1 aromatic heterocycles. The van der Waals surface area contributed by atoms with Crippen LogP contribution in [0, 0.1) is 21.8 Å². The van der Waals surface area contributed by atoms with Gasteiger partial charge >= 0.3 is 11.9 Å². The number of nitrogens with zero attached hydrogens (tertiary/aromatic N) is 3. The molecule has 0 amide bonds. The Morgan fingerprint density at radius 3 is 2.46 bits per heavy atom. The van der Waals surface area contributed by atoms with E-state index in [-0.39, 0.29) is 30.0 Å². The number of hydrogen-bond donors (Lipinski definition) is 3. The normalized spacial score (nSPS) is 12.7. The molecule has 1 heterocycles. The summed E-state index contributed by atoms with van der Waals surface area (Å²) in [6.07, 6.45) is -4.78. The van der Waals surface area contributed by atoms with Gasteiger partial charge in [-0.25, -0.2) is 4.98 Å². The predicted octanol–water partition coefficient (Wildman–Crippen LogP) is 3.72. The van der Waals surface area contributed by atoms with Crippen LogP contribution in [-0.4, -0.2) is 32.6 Å². The summed E-state index contributed by atoms with van der Waals surface area (Å²) in [5.74, 6) is -1.91. The summed E-state index contributed by atoms with van der Waals surface area (Å²) in [6, 6.07) is 2.79. The fraction of sp³-hybridized carbons (Fsp3) is 0.375. The number of nitro benzene ring substituents is 1. The molecule has 0 unspecified atom stereocenters. The van der Waals surface area contributed by atoms with Gasteiger partial charge in [-0.1, -0.05) is 13.8 Å². The molecule has 0 aliphatic rings. The fourth-order valence-electron chi connectivity index (χ4n) is 2.19. The highest BCUT2D eigenvalue weighted by Crippen LogP contribution is 2.31. The first-order chi connectivity index (χ1) is 13.0. The zero-order chi connectivity index (χ0) is 21.1. The highest BCUT2D eigenvalue weighted by Gasteiger charge is 2.34. The molecule has 1 atom stereocenters. The number of rotatable bonds is 7. The summed E-state index contributed by atoms with van der Waals surface area (Å²) in [5, 5.41) is 25.3. The fourth-order valence-corrected chi connectivity index (χ4v) is 2.19. The standard InChI is InChI=1S/C16H17F4N5O3/c1-8(2)11(7-26)22-15-23-13(16(18,19)20)6-14(24-15)21-9-3-4-10(17)12(5-9)25(27)28/h3-6,8,11,26H,7H2,1-2H3,(H2,21,22,23,24)/t11-/m0/s1. The second-order valence-corrected chi connectivity index (χ2v) is 6.19. The van der Waals surface area contributed by atoms with E-state index < -0.39 is 34.3 Å². The van der Waals surface area contributed by atoms with Crippen LogP contribution in [0.2, 0.25) is 0 Å².